The van der Waals surface area contributed by atoms with E-state index in [4.69, 9.17) is 5.73 Å². The zero-order chi connectivity index (χ0) is 14.3. The normalized spacial score (nSPS) is 24.1. The van der Waals surface area contributed by atoms with E-state index in [2.05, 4.69) is 28.5 Å². The largest absolute Gasteiger partial charge is 0.369 e. The molecule has 1 saturated carbocycles. The predicted octanol–water partition coefficient (Wildman–Crippen LogP) is 3.28. The van der Waals surface area contributed by atoms with Crippen LogP contribution in [0.3, 0.4) is 0 Å². The van der Waals surface area contributed by atoms with Crippen LogP contribution in [0.15, 0.2) is 0 Å². The molecule has 0 bridgehead atoms. The fourth-order valence-electron chi connectivity index (χ4n) is 3.51. The Kier molecular flexibility index (Phi) is 3.44. The van der Waals surface area contributed by atoms with Crippen LogP contribution >= 0.6 is 0 Å². The molecular formula is C15H25N5. The minimum Gasteiger partial charge on any atom is -0.369 e. The highest BCUT2D eigenvalue weighted by molar-refractivity contribution is 5.77. The van der Waals surface area contributed by atoms with Crippen molar-refractivity contribution >= 4 is 17.1 Å². The molecule has 0 radical (unpaired) electrons. The fraction of sp³-hybridized carbons (Fsp3) is 0.733. The lowest BCUT2D eigenvalue weighted by Crippen LogP contribution is -2.14. The fourth-order valence-corrected chi connectivity index (χ4v) is 3.51. The summed E-state index contributed by atoms with van der Waals surface area (Å²) in [5.41, 5.74) is 9.29. The molecule has 1 fully saturated rings. The van der Waals surface area contributed by atoms with Gasteiger partial charge in [-0.2, -0.15) is 5.10 Å². The minimum absolute atomic E-state index is 0.478. The van der Waals surface area contributed by atoms with Gasteiger partial charge in [-0.1, -0.05) is 19.8 Å². The van der Waals surface area contributed by atoms with Crippen LogP contribution in [0, 0.1) is 12.8 Å². The molecule has 2 aromatic heterocycles. The molecule has 0 spiro atoms. The van der Waals surface area contributed by atoms with Gasteiger partial charge in [-0.05, 0) is 39.0 Å². The Balaban J connectivity index is 2.07. The Bertz CT molecular complexity index is 609. The van der Waals surface area contributed by atoms with E-state index in [1.165, 1.54) is 32.1 Å². The summed E-state index contributed by atoms with van der Waals surface area (Å²) in [7, 11) is 0. The number of hydrogen-bond acceptors (Lipinski definition) is 3. The van der Waals surface area contributed by atoms with Gasteiger partial charge < -0.3 is 5.73 Å². The van der Waals surface area contributed by atoms with Gasteiger partial charge in [0.05, 0.1) is 5.69 Å². The maximum absolute atomic E-state index is 6.22. The lowest BCUT2D eigenvalue weighted by atomic mass is 10.0. The molecule has 2 aromatic rings. The summed E-state index contributed by atoms with van der Waals surface area (Å²) in [6, 6.07) is 0.478. The first-order valence-corrected chi connectivity index (χ1v) is 7.82. The molecule has 2 unspecified atom stereocenters. The standard InChI is InChI=1S/C15H25N5/c1-4-19-14-13(11(3)18-19)17-15(16)20(14)12-7-5-6-10(2)8-9-12/h10,12H,4-9H2,1-3H3,(H2,16,17). The zero-order valence-electron chi connectivity index (χ0n) is 12.8. The molecule has 5 heteroatoms. The van der Waals surface area contributed by atoms with Gasteiger partial charge >= 0.3 is 0 Å². The van der Waals surface area contributed by atoms with E-state index < -0.39 is 0 Å². The molecule has 3 rings (SSSR count). The smallest absolute Gasteiger partial charge is 0.202 e. The summed E-state index contributed by atoms with van der Waals surface area (Å²) in [6.07, 6.45) is 6.30. The molecule has 20 heavy (non-hydrogen) atoms. The van der Waals surface area contributed by atoms with Gasteiger partial charge in [-0.25, -0.2) is 9.67 Å². The van der Waals surface area contributed by atoms with Crippen LogP contribution in [0.2, 0.25) is 0 Å². The van der Waals surface area contributed by atoms with Crippen molar-refractivity contribution in [2.24, 2.45) is 5.92 Å². The van der Waals surface area contributed by atoms with Crippen LogP contribution in [0.4, 0.5) is 5.95 Å². The summed E-state index contributed by atoms with van der Waals surface area (Å²) in [6.45, 7) is 7.35. The number of nitrogens with zero attached hydrogens (tertiary/aromatic N) is 4. The number of nitrogen functional groups attached to an aromatic ring is 1. The third-order valence-corrected chi connectivity index (χ3v) is 4.66. The lowest BCUT2D eigenvalue weighted by Gasteiger charge is -2.19. The third-order valence-electron chi connectivity index (χ3n) is 4.66. The van der Waals surface area contributed by atoms with Crippen molar-refractivity contribution in [1.29, 1.82) is 0 Å². The first-order valence-electron chi connectivity index (χ1n) is 7.82. The highest BCUT2D eigenvalue weighted by atomic mass is 15.4. The van der Waals surface area contributed by atoms with Crippen molar-refractivity contribution in [1.82, 2.24) is 19.3 Å². The van der Waals surface area contributed by atoms with Crippen molar-refractivity contribution in [2.45, 2.75) is 65.5 Å². The third kappa shape index (κ3) is 2.09. The molecule has 0 saturated heterocycles. The average Bonchev–Trinajstić information content (AvgIpc) is 2.81. The molecule has 0 aliphatic heterocycles. The zero-order valence-corrected chi connectivity index (χ0v) is 12.8. The SMILES string of the molecule is CCn1nc(C)c2nc(N)n(C3CCCC(C)CC3)c21. The average molecular weight is 275 g/mol. The topological polar surface area (TPSA) is 61.7 Å². The van der Waals surface area contributed by atoms with E-state index in [9.17, 15) is 0 Å². The van der Waals surface area contributed by atoms with Crippen molar-refractivity contribution in [3.05, 3.63) is 5.69 Å². The van der Waals surface area contributed by atoms with Gasteiger partial charge in [0.2, 0.25) is 5.95 Å². The number of aryl methyl sites for hydroxylation is 2. The van der Waals surface area contributed by atoms with Crippen molar-refractivity contribution < 1.29 is 0 Å². The summed E-state index contributed by atoms with van der Waals surface area (Å²) in [5.74, 6) is 1.49. The van der Waals surface area contributed by atoms with Crippen molar-refractivity contribution in [2.75, 3.05) is 5.73 Å². The molecule has 1 aliphatic rings. The highest BCUT2D eigenvalue weighted by Gasteiger charge is 2.24. The van der Waals surface area contributed by atoms with Gasteiger partial charge in [0.1, 0.15) is 5.52 Å². The number of nitrogens with two attached hydrogens (primary N) is 1. The van der Waals surface area contributed by atoms with E-state index in [-0.39, 0.29) is 0 Å². The van der Waals surface area contributed by atoms with Crippen LogP contribution in [-0.2, 0) is 6.54 Å². The Morgan fingerprint density at radius 2 is 2.05 bits per heavy atom. The lowest BCUT2D eigenvalue weighted by molar-refractivity contribution is 0.438. The molecule has 0 amide bonds. The second-order valence-corrected chi connectivity index (χ2v) is 6.18. The number of aromatic nitrogens is 4. The molecule has 2 N–H and O–H groups in total. The Labute approximate surface area is 120 Å². The summed E-state index contributed by atoms with van der Waals surface area (Å²) < 4.78 is 4.29. The maximum Gasteiger partial charge on any atom is 0.202 e. The monoisotopic (exact) mass is 275 g/mol. The molecule has 2 atom stereocenters. The van der Waals surface area contributed by atoms with E-state index >= 15 is 0 Å². The number of anilines is 1. The van der Waals surface area contributed by atoms with Crippen LogP contribution in [0.25, 0.3) is 11.2 Å². The van der Waals surface area contributed by atoms with Crippen molar-refractivity contribution in [3.8, 4) is 0 Å². The predicted molar refractivity (Wildman–Crippen MR) is 81.6 cm³/mol. The molecular weight excluding hydrogens is 250 g/mol. The quantitative estimate of drug-likeness (QED) is 0.855. The van der Waals surface area contributed by atoms with Gasteiger partial charge in [-0.3, -0.25) is 4.57 Å². The second-order valence-electron chi connectivity index (χ2n) is 6.18. The summed E-state index contributed by atoms with van der Waals surface area (Å²) in [4.78, 5) is 4.56. The number of imidazole rings is 1. The van der Waals surface area contributed by atoms with Gasteiger partial charge in [0.25, 0.3) is 0 Å². The molecule has 0 aromatic carbocycles. The molecule has 2 heterocycles. The van der Waals surface area contributed by atoms with Gasteiger partial charge in [0.15, 0.2) is 5.65 Å². The minimum atomic E-state index is 0.478. The molecule has 1 aliphatic carbocycles. The maximum atomic E-state index is 6.22. The van der Waals surface area contributed by atoms with Gasteiger partial charge in [0, 0.05) is 12.6 Å². The Morgan fingerprint density at radius 1 is 1.25 bits per heavy atom. The summed E-state index contributed by atoms with van der Waals surface area (Å²) >= 11 is 0. The molecule has 110 valence electrons. The number of hydrogen-bond donors (Lipinski definition) is 1. The first-order chi connectivity index (χ1) is 9.61. The number of fused-ring (bicyclic) bond motifs is 1. The van der Waals surface area contributed by atoms with E-state index in [1.54, 1.807) is 0 Å². The van der Waals surface area contributed by atoms with E-state index in [0.717, 1.165) is 29.3 Å². The van der Waals surface area contributed by atoms with Crippen LogP contribution < -0.4 is 5.73 Å². The Morgan fingerprint density at radius 3 is 2.80 bits per heavy atom. The van der Waals surface area contributed by atoms with Crippen molar-refractivity contribution in [3.63, 3.8) is 0 Å². The van der Waals surface area contributed by atoms with Crippen LogP contribution in [-0.4, -0.2) is 19.3 Å². The summed E-state index contributed by atoms with van der Waals surface area (Å²) in [5, 5.41) is 4.58. The molecule has 5 nitrogen and oxygen atoms in total. The van der Waals surface area contributed by atoms with Gasteiger partial charge in [-0.15, -0.1) is 0 Å². The second kappa shape index (κ2) is 5.11. The van der Waals surface area contributed by atoms with Crippen LogP contribution in [0.5, 0.6) is 0 Å². The van der Waals surface area contributed by atoms with E-state index in [0.29, 0.717) is 12.0 Å². The van der Waals surface area contributed by atoms with E-state index in [1.807, 2.05) is 11.6 Å². The Hall–Kier alpha value is -1.52. The number of rotatable bonds is 2. The highest BCUT2D eigenvalue weighted by Crippen LogP contribution is 2.34. The van der Waals surface area contributed by atoms with Crippen LogP contribution in [0.1, 0.15) is 57.7 Å². The first kappa shape index (κ1) is 13.5.